The molecule has 8 nitrogen and oxygen atoms in total. The molecule has 1 atom stereocenters. The summed E-state index contributed by atoms with van der Waals surface area (Å²) in [7, 11) is -3.37. The van der Waals surface area contributed by atoms with Gasteiger partial charge in [0.15, 0.2) is 0 Å². The zero-order chi connectivity index (χ0) is 17.3. The Balaban J connectivity index is 2.58. The molecule has 1 aliphatic heterocycles. The molecule has 0 radical (unpaired) electrons. The molecule has 0 aromatic carbocycles. The van der Waals surface area contributed by atoms with Crippen LogP contribution in [0.4, 0.5) is 0 Å². The fourth-order valence-corrected chi connectivity index (χ4v) is 3.00. The summed E-state index contributed by atoms with van der Waals surface area (Å²) in [6.07, 6.45) is -0.284. The molecule has 0 spiro atoms. The monoisotopic (exact) mass is 354 g/mol. The van der Waals surface area contributed by atoms with Crippen molar-refractivity contribution in [2.75, 3.05) is 19.8 Å². The predicted molar refractivity (Wildman–Crippen MR) is 83.0 cm³/mol. The molecule has 1 fully saturated rings. The minimum absolute atomic E-state index is 0.159. The highest BCUT2D eigenvalue weighted by atomic mass is 28.4. The van der Waals surface area contributed by atoms with E-state index < -0.39 is 8.80 Å². The first kappa shape index (κ1) is 20.9. The number of epoxide rings is 1. The van der Waals surface area contributed by atoms with Crippen molar-refractivity contribution in [1.82, 2.24) is 0 Å². The molecule has 0 aliphatic carbocycles. The lowest BCUT2D eigenvalue weighted by Gasteiger charge is -2.27. The minimum Gasteiger partial charge on any atom is -0.379 e. The Bertz CT molecular complexity index is 278. The van der Waals surface area contributed by atoms with Crippen LogP contribution in [0.15, 0.2) is 0 Å². The Morgan fingerprint density at radius 2 is 1.30 bits per heavy atom. The molecule has 0 bridgehead atoms. The predicted octanol–water partition coefficient (Wildman–Crippen LogP) is 2.41. The van der Waals surface area contributed by atoms with E-state index in [2.05, 4.69) is 0 Å². The zero-order valence-corrected chi connectivity index (χ0v) is 15.9. The van der Waals surface area contributed by atoms with E-state index in [1.54, 1.807) is 0 Å². The third-order valence-corrected chi connectivity index (χ3v) is 4.23. The van der Waals surface area contributed by atoms with Gasteiger partial charge in [0, 0.05) is 6.04 Å². The maximum atomic E-state index is 5.54. The first-order valence-corrected chi connectivity index (χ1v) is 9.99. The molecule has 0 aromatic heterocycles. The Kier molecular flexibility index (Phi) is 9.74. The van der Waals surface area contributed by atoms with Crippen molar-refractivity contribution in [3.8, 4) is 0 Å². The molecular weight excluding hydrogens is 324 g/mol. The Labute approximate surface area is 139 Å². The Hall–Kier alpha value is -0.103. The summed E-state index contributed by atoms with van der Waals surface area (Å²) < 4.78 is 27.0. The van der Waals surface area contributed by atoms with Gasteiger partial charge < -0.3 is 9.47 Å². The molecule has 0 aromatic rings. The molecule has 1 rings (SSSR count). The normalized spacial score (nSPS) is 18.4. The van der Waals surface area contributed by atoms with Crippen LogP contribution < -0.4 is 0 Å². The molecule has 0 amide bonds. The van der Waals surface area contributed by atoms with Crippen molar-refractivity contribution >= 4 is 8.80 Å². The average Bonchev–Trinajstić information content (AvgIpc) is 3.28. The molecule has 138 valence electrons. The maximum absolute atomic E-state index is 5.54. The van der Waals surface area contributed by atoms with E-state index in [1.165, 1.54) is 0 Å². The van der Waals surface area contributed by atoms with E-state index in [4.69, 9.17) is 37.9 Å². The zero-order valence-electron chi connectivity index (χ0n) is 14.9. The van der Waals surface area contributed by atoms with Gasteiger partial charge in [-0.1, -0.05) is 0 Å². The largest absolute Gasteiger partial charge is 0.586 e. The second kappa shape index (κ2) is 10.7. The van der Waals surface area contributed by atoms with Crippen molar-refractivity contribution in [3.63, 3.8) is 0 Å². The quantitative estimate of drug-likeness (QED) is 0.155. The van der Waals surface area contributed by atoms with Crippen LogP contribution >= 0.6 is 0 Å². The molecular formula is C14H30O8Si. The van der Waals surface area contributed by atoms with Crippen LogP contribution in [0.2, 0.25) is 6.04 Å². The second-order valence-corrected chi connectivity index (χ2v) is 8.51. The summed E-state index contributed by atoms with van der Waals surface area (Å²) in [5.74, 6) is 0. The molecule has 9 heteroatoms. The van der Waals surface area contributed by atoms with Crippen LogP contribution in [-0.4, -0.2) is 53.0 Å². The van der Waals surface area contributed by atoms with Crippen molar-refractivity contribution in [3.05, 3.63) is 0 Å². The summed E-state index contributed by atoms with van der Waals surface area (Å²) in [6, 6.07) is 0.325. The first-order chi connectivity index (χ1) is 10.8. The van der Waals surface area contributed by atoms with Crippen LogP contribution in [0.25, 0.3) is 0 Å². The van der Waals surface area contributed by atoms with Crippen molar-refractivity contribution in [2.24, 2.45) is 0 Å². The van der Waals surface area contributed by atoms with Gasteiger partial charge in [0.1, 0.15) is 6.10 Å². The van der Waals surface area contributed by atoms with Gasteiger partial charge in [-0.25, -0.2) is 28.4 Å². The van der Waals surface area contributed by atoms with E-state index in [1.807, 2.05) is 41.5 Å². The molecule has 0 saturated carbocycles. The van der Waals surface area contributed by atoms with E-state index >= 15 is 0 Å². The van der Waals surface area contributed by atoms with Crippen LogP contribution in [0.1, 0.15) is 41.5 Å². The van der Waals surface area contributed by atoms with Gasteiger partial charge in [-0.2, -0.15) is 0 Å². The molecule has 1 heterocycles. The molecule has 1 unspecified atom stereocenters. The lowest BCUT2D eigenvalue weighted by molar-refractivity contribution is -0.383. The maximum Gasteiger partial charge on any atom is 0.586 e. The van der Waals surface area contributed by atoms with Gasteiger partial charge in [-0.3, -0.25) is 0 Å². The highest BCUT2D eigenvalue weighted by Crippen LogP contribution is 2.20. The SMILES string of the molecule is CC(C)OO[Si](CCOCC1CO1)(OOC(C)C)OOC(C)C. The number of hydrogen-bond donors (Lipinski definition) is 0. The minimum atomic E-state index is -3.37. The lowest BCUT2D eigenvalue weighted by atomic mass is 10.5. The fourth-order valence-electron chi connectivity index (χ4n) is 1.25. The van der Waals surface area contributed by atoms with E-state index in [0.29, 0.717) is 19.3 Å². The third-order valence-electron chi connectivity index (χ3n) is 2.36. The van der Waals surface area contributed by atoms with Crippen LogP contribution in [0.5, 0.6) is 0 Å². The van der Waals surface area contributed by atoms with Crippen LogP contribution in [0, 0.1) is 0 Å². The highest BCUT2D eigenvalue weighted by molar-refractivity contribution is 6.60. The van der Waals surface area contributed by atoms with Crippen LogP contribution in [0.3, 0.4) is 0 Å². The van der Waals surface area contributed by atoms with Gasteiger partial charge in [0.25, 0.3) is 0 Å². The van der Waals surface area contributed by atoms with E-state index in [9.17, 15) is 0 Å². The summed E-state index contributed by atoms with van der Waals surface area (Å²) in [4.78, 5) is 15.7. The highest BCUT2D eigenvalue weighted by Gasteiger charge is 2.48. The molecule has 23 heavy (non-hydrogen) atoms. The van der Waals surface area contributed by atoms with Gasteiger partial charge in [0.05, 0.1) is 38.1 Å². The first-order valence-electron chi connectivity index (χ1n) is 8.06. The summed E-state index contributed by atoms with van der Waals surface area (Å²) in [5.41, 5.74) is 0. The van der Waals surface area contributed by atoms with Gasteiger partial charge in [-0.05, 0) is 41.5 Å². The molecule has 1 saturated heterocycles. The van der Waals surface area contributed by atoms with Crippen molar-refractivity contribution in [2.45, 2.75) is 72.0 Å². The lowest BCUT2D eigenvalue weighted by Crippen LogP contribution is -2.48. The van der Waals surface area contributed by atoms with Gasteiger partial charge in [-0.15, -0.1) is 0 Å². The topological polar surface area (TPSA) is 77.1 Å². The Morgan fingerprint density at radius 3 is 1.65 bits per heavy atom. The van der Waals surface area contributed by atoms with E-state index in [-0.39, 0.29) is 24.4 Å². The van der Waals surface area contributed by atoms with Gasteiger partial charge >= 0.3 is 8.80 Å². The van der Waals surface area contributed by atoms with E-state index in [0.717, 1.165) is 6.61 Å². The Morgan fingerprint density at radius 1 is 0.870 bits per heavy atom. The second-order valence-electron chi connectivity index (χ2n) is 6.15. The fraction of sp³-hybridized carbons (Fsp3) is 1.00. The van der Waals surface area contributed by atoms with Gasteiger partial charge in [0.2, 0.25) is 0 Å². The smallest absolute Gasteiger partial charge is 0.379 e. The number of hydrogen-bond acceptors (Lipinski definition) is 8. The summed E-state index contributed by atoms with van der Waals surface area (Å²) in [5, 5.41) is 0. The third kappa shape index (κ3) is 10.4. The number of rotatable bonds is 14. The summed E-state index contributed by atoms with van der Waals surface area (Å²) in [6.45, 7) is 12.7. The molecule has 1 aliphatic rings. The average molecular weight is 354 g/mol. The summed E-state index contributed by atoms with van der Waals surface area (Å²) >= 11 is 0. The molecule has 0 N–H and O–H groups in total. The standard InChI is InChI=1S/C14H30O8Si/c1-11(2)17-20-23(21-18-12(3)4,22-19-13(5)6)8-7-15-9-14-10-16-14/h11-14H,7-10H2,1-6H3. The van der Waals surface area contributed by atoms with Crippen LogP contribution in [-0.2, 0) is 37.9 Å². The van der Waals surface area contributed by atoms with Crippen molar-refractivity contribution < 1.29 is 37.9 Å². The number of ether oxygens (including phenoxy) is 2. The van der Waals surface area contributed by atoms with Crippen molar-refractivity contribution in [1.29, 1.82) is 0 Å².